The summed E-state index contributed by atoms with van der Waals surface area (Å²) in [7, 11) is 0. The zero-order valence-electron chi connectivity index (χ0n) is 7.51. The van der Waals surface area contributed by atoms with E-state index in [0.717, 1.165) is 10.0 Å². The average molecular weight is 265 g/mol. The van der Waals surface area contributed by atoms with Crippen LogP contribution in [-0.4, -0.2) is 15.1 Å². The molecule has 0 spiro atoms. The van der Waals surface area contributed by atoms with Crippen molar-refractivity contribution in [3.8, 4) is 17.5 Å². The fourth-order valence-electron chi connectivity index (χ4n) is 1.05. The maximum atomic E-state index is 8.45. The summed E-state index contributed by atoms with van der Waals surface area (Å²) in [6.45, 7) is 0. The second kappa shape index (κ2) is 4.19. The van der Waals surface area contributed by atoms with E-state index < -0.39 is 0 Å². The molecule has 0 saturated carbocycles. The molecule has 2 aromatic heterocycles. The third-order valence-corrected chi connectivity index (χ3v) is 2.10. The highest BCUT2D eigenvalue weighted by Gasteiger charge is 2.08. The van der Waals surface area contributed by atoms with Crippen molar-refractivity contribution >= 4 is 15.9 Å². The fraction of sp³-hybridized carbons (Fsp3) is 0.111. The third kappa shape index (κ3) is 2.19. The number of hydrogen-bond acceptors (Lipinski definition) is 5. The van der Waals surface area contributed by atoms with Gasteiger partial charge in [0.15, 0.2) is 0 Å². The van der Waals surface area contributed by atoms with E-state index in [2.05, 4.69) is 31.1 Å². The van der Waals surface area contributed by atoms with Crippen LogP contribution in [0, 0.1) is 11.3 Å². The first-order valence-corrected chi connectivity index (χ1v) is 4.89. The lowest BCUT2D eigenvalue weighted by Crippen LogP contribution is -1.84. The Morgan fingerprint density at radius 1 is 1.47 bits per heavy atom. The maximum Gasteiger partial charge on any atom is 0.241 e. The molecule has 2 aromatic rings. The van der Waals surface area contributed by atoms with Crippen molar-refractivity contribution < 1.29 is 4.52 Å². The Balaban J connectivity index is 2.34. The van der Waals surface area contributed by atoms with E-state index in [-0.39, 0.29) is 6.42 Å². The summed E-state index contributed by atoms with van der Waals surface area (Å²) in [5.41, 5.74) is 0.748. The highest BCUT2D eigenvalue weighted by molar-refractivity contribution is 9.10. The van der Waals surface area contributed by atoms with Gasteiger partial charge in [0.05, 0.1) is 6.07 Å². The number of halogens is 1. The predicted octanol–water partition coefficient (Wildman–Crippen LogP) is 1.96. The molecular weight excluding hydrogens is 260 g/mol. The Labute approximate surface area is 93.9 Å². The van der Waals surface area contributed by atoms with Crippen LogP contribution >= 0.6 is 15.9 Å². The Morgan fingerprint density at radius 3 is 3.07 bits per heavy atom. The lowest BCUT2D eigenvalue weighted by molar-refractivity contribution is 0.388. The summed E-state index contributed by atoms with van der Waals surface area (Å²) < 4.78 is 5.71. The van der Waals surface area contributed by atoms with Gasteiger partial charge in [-0.05, 0) is 22.0 Å². The van der Waals surface area contributed by atoms with E-state index in [1.165, 1.54) is 0 Å². The van der Waals surface area contributed by atoms with Crippen molar-refractivity contribution in [3.05, 3.63) is 28.8 Å². The number of aromatic nitrogens is 3. The average Bonchev–Trinajstić information content (AvgIpc) is 2.67. The highest BCUT2D eigenvalue weighted by Crippen LogP contribution is 2.18. The predicted molar refractivity (Wildman–Crippen MR) is 54.5 cm³/mol. The maximum absolute atomic E-state index is 8.45. The van der Waals surface area contributed by atoms with Gasteiger partial charge in [-0.15, -0.1) is 0 Å². The van der Waals surface area contributed by atoms with Crippen molar-refractivity contribution in [1.29, 1.82) is 5.26 Å². The molecule has 0 unspecified atom stereocenters. The first kappa shape index (κ1) is 9.80. The van der Waals surface area contributed by atoms with Crippen LogP contribution in [0.15, 0.2) is 27.5 Å². The molecule has 0 saturated heterocycles. The molecule has 0 amide bonds. The fourth-order valence-corrected chi connectivity index (χ4v) is 1.41. The van der Waals surface area contributed by atoms with Crippen molar-refractivity contribution in [1.82, 2.24) is 15.1 Å². The lowest BCUT2D eigenvalue weighted by atomic mass is 10.3. The number of pyridine rings is 1. The van der Waals surface area contributed by atoms with Crippen LogP contribution < -0.4 is 0 Å². The van der Waals surface area contributed by atoms with Crippen molar-refractivity contribution in [2.24, 2.45) is 0 Å². The van der Waals surface area contributed by atoms with E-state index in [1.54, 1.807) is 12.4 Å². The van der Waals surface area contributed by atoms with Crippen LogP contribution in [0.25, 0.3) is 11.4 Å². The van der Waals surface area contributed by atoms with Gasteiger partial charge in [-0.3, -0.25) is 4.98 Å². The van der Waals surface area contributed by atoms with Gasteiger partial charge < -0.3 is 4.52 Å². The minimum Gasteiger partial charge on any atom is -0.338 e. The minimum absolute atomic E-state index is 0.119. The van der Waals surface area contributed by atoms with Crippen LogP contribution in [0.2, 0.25) is 0 Å². The summed E-state index contributed by atoms with van der Waals surface area (Å²) in [4.78, 5) is 8.03. The topological polar surface area (TPSA) is 75.6 Å². The SMILES string of the molecule is N#CCc1nc(-c2cncc(Br)c2)no1. The van der Waals surface area contributed by atoms with E-state index in [4.69, 9.17) is 9.78 Å². The van der Waals surface area contributed by atoms with Crippen LogP contribution in [-0.2, 0) is 6.42 Å². The number of rotatable bonds is 2. The molecule has 0 radical (unpaired) electrons. The molecule has 5 nitrogen and oxygen atoms in total. The molecule has 6 heteroatoms. The van der Waals surface area contributed by atoms with Gasteiger partial charge in [0.2, 0.25) is 11.7 Å². The van der Waals surface area contributed by atoms with E-state index in [9.17, 15) is 0 Å². The van der Waals surface area contributed by atoms with Crippen LogP contribution in [0.4, 0.5) is 0 Å². The van der Waals surface area contributed by atoms with Crippen LogP contribution in [0.3, 0.4) is 0 Å². The molecule has 0 atom stereocenters. The van der Waals surface area contributed by atoms with Gasteiger partial charge in [0.25, 0.3) is 0 Å². The minimum atomic E-state index is 0.119. The molecule has 74 valence electrons. The third-order valence-electron chi connectivity index (χ3n) is 1.66. The summed E-state index contributed by atoms with van der Waals surface area (Å²) in [6.07, 6.45) is 3.42. The zero-order valence-corrected chi connectivity index (χ0v) is 9.10. The lowest BCUT2D eigenvalue weighted by Gasteiger charge is -1.92. The second-order valence-electron chi connectivity index (χ2n) is 2.74. The van der Waals surface area contributed by atoms with Gasteiger partial charge >= 0.3 is 0 Å². The van der Waals surface area contributed by atoms with Crippen LogP contribution in [0.5, 0.6) is 0 Å². The summed E-state index contributed by atoms with van der Waals surface area (Å²) in [5, 5.41) is 12.2. The molecule has 15 heavy (non-hydrogen) atoms. The van der Waals surface area contributed by atoms with Gasteiger partial charge in [-0.2, -0.15) is 10.2 Å². The second-order valence-corrected chi connectivity index (χ2v) is 3.65. The van der Waals surface area contributed by atoms with Gasteiger partial charge in [-0.1, -0.05) is 5.16 Å². The van der Waals surface area contributed by atoms with Crippen molar-refractivity contribution in [2.45, 2.75) is 6.42 Å². The molecule has 0 aliphatic heterocycles. The molecular formula is C9H5BrN4O. The van der Waals surface area contributed by atoms with E-state index in [0.29, 0.717) is 11.7 Å². The molecule has 2 rings (SSSR count). The monoisotopic (exact) mass is 264 g/mol. The van der Waals surface area contributed by atoms with E-state index >= 15 is 0 Å². The highest BCUT2D eigenvalue weighted by atomic mass is 79.9. The summed E-state index contributed by atoms with van der Waals surface area (Å²) >= 11 is 3.30. The molecule has 2 heterocycles. The van der Waals surface area contributed by atoms with Gasteiger partial charge in [-0.25, -0.2) is 0 Å². The van der Waals surface area contributed by atoms with Crippen LogP contribution in [0.1, 0.15) is 5.89 Å². The Morgan fingerprint density at radius 2 is 2.33 bits per heavy atom. The molecule has 0 aliphatic carbocycles. The normalized spacial score (nSPS) is 9.87. The molecule has 0 aromatic carbocycles. The number of hydrogen-bond donors (Lipinski definition) is 0. The zero-order chi connectivity index (χ0) is 10.7. The smallest absolute Gasteiger partial charge is 0.241 e. The summed E-state index contributed by atoms with van der Waals surface area (Å²) in [6, 6.07) is 3.77. The molecule has 0 fully saturated rings. The summed E-state index contributed by atoms with van der Waals surface area (Å²) in [5.74, 6) is 0.751. The largest absolute Gasteiger partial charge is 0.338 e. The Kier molecular flexibility index (Phi) is 2.74. The van der Waals surface area contributed by atoms with Gasteiger partial charge in [0, 0.05) is 22.4 Å². The standard InChI is InChI=1S/C9H5BrN4O/c10-7-3-6(4-12-5-7)9-13-8(1-2-11)15-14-9/h3-5H,1H2. The first-order chi connectivity index (χ1) is 7.29. The van der Waals surface area contributed by atoms with Crippen molar-refractivity contribution in [2.75, 3.05) is 0 Å². The molecule has 0 bridgehead atoms. The number of nitrogens with zero attached hydrogens (tertiary/aromatic N) is 4. The molecule has 0 N–H and O–H groups in total. The van der Waals surface area contributed by atoms with Gasteiger partial charge in [0.1, 0.15) is 6.42 Å². The van der Waals surface area contributed by atoms with E-state index in [1.807, 2.05) is 12.1 Å². The Bertz CT molecular complexity index is 517. The molecule has 0 aliphatic rings. The first-order valence-electron chi connectivity index (χ1n) is 4.10. The quantitative estimate of drug-likeness (QED) is 0.829. The Hall–Kier alpha value is -1.74. The van der Waals surface area contributed by atoms with Crippen molar-refractivity contribution in [3.63, 3.8) is 0 Å². The number of nitriles is 1.